The fraction of sp³-hybridized carbons (Fsp3) is 0.364. The monoisotopic (exact) mass is 434 g/mol. The molecule has 0 atom stereocenters. The molecule has 1 saturated heterocycles. The molecular weight excluding hydrogens is 411 g/mol. The predicted octanol–water partition coefficient (Wildman–Crippen LogP) is 3.42. The van der Waals surface area contributed by atoms with Crippen LogP contribution in [0.4, 0.5) is 4.39 Å². The number of primary amides is 1. The summed E-state index contributed by atoms with van der Waals surface area (Å²) in [6, 6.07) is 12.5. The van der Waals surface area contributed by atoms with Crippen LogP contribution in [-0.4, -0.2) is 43.0 Å². The lowest BCUT2D eigenvalue weighted by Gasteiger charge is -2.41. The van der Waals surface area contributed by atoms with Crippen LogP contribution in [0, 0.1) is 11.2 Å². The molecule has 0 saturated carbocycles. The van der Waals surface area contributed by atoms with Crippen molar-refractivity contribution in [3.05, 3.63) is 59.4 Å². The van der Waals surface area contributed by atoms with Gasteiger partial charge in [0.15, 0.2) is 6.61 Å². The molecule has 30 heavy (non-hydrogen) atoms. The van der Waals surface area contributed by atoms with E-state index in [1.54, 1.807) is 29.2 Å². The molecule has 0 aromatic heterocycles. The van der Waals surface area contributed by atoms with E-state index in [2.05, 4.69) is 0 Å². The molecule has 3 rings (SSSR count). The van der Waals surface area contributed by atoms with Gasteiger partial charge < -0.3 is 20.1 Å². The Morgan fingerprint density at radius 1 is 1.00 bits per heavy atom. The maximum atomic E-state index is 12.9. The van der Waals surface area contributed by atoms with Crippen LogP contribution in [0.5, 0.6) is 11.5 Å². The van der Waals surface area contributed by atoms with Gasteiger partial charge in [-0.15, -0.1) is 0 Å². The Hall–Kier alpha value is -2.80. The van der Waals surface area contributed by atoms with Crippen molar-refractivity contribution in [2.45, 2.75) is 19.3 Å². The fourth-order valence-electron chi connectivity index (χ4n) is 3.51. The zero-order valence-corrected chi connectivity index (χ0v) is 17.2. The van der Waals surface area contributed by atoms with E-state index < -0.39 is 11.3 Å². The highest BCUT2D eigenvalue weighted by atomic mass is 35.5. The topological polar surface area (TPSA) is 81.9 Å². The van der Waals surface area contributed by atoms with Crippen LogP contribution in [0.3, 0.4) is 0 Å². The van der Waals surface area contributed by atoms with E-state index >= 15 is 0 Å². The second kappa shape index (κ2) is 9.80. The number of hydrogen-bond donors (Lipinski definition) is 1. The third-order valence-electron chi connectivity index (χ3n) is 5.26. The van der Waals surface area contributed by atoms with E-state index in [9.17, 15) is 14.0 Å². The van der Waals surface area contributed by atoms with Gasteiger partial charge >= 0.3 is 0 Å². The number of halogens is 2. The number of benzene rings is 2. The average Bonchev–Trinajstić information content (AvgIpc) is 2.73. The van der Waals surface area contributed by atoms with Crippen LogP contribution >= 0.6 is 11.6 Å². The van der Waals surface area contributed by atoms with Crippen molar-refractivity contribution >= 4 is 23.4 Å². The molecule has 0 spiro atoms. The molecule has 0 unspecified atom stereocenters. The molecule has 1 aliphatic heterocycles. The van der Waals surface area contributed by atoms with Crippen molar-refractivity contribution in [1.29, 1.82) is 0 Å². The van der Waals surface area contributed by atoms with Gasteiger partial charge in [-0.2, -0.15) is 0 Å². The van der Waals surface area contributed by atoms with Crippen molar-refractivity contribution < 1.29 is 23.5 Å². The molecule has 2 amide bonds. The third kappa shape index (κ3) is 6.10. The molecule has 1 fully saturated rings. The molecule has 6 nitrogen and oxygen atoms in total. The number of carbonyl (C=O) groups is 2. The Bertz CT molecular complexity index is 866. The van der Waals surface area contributed by atoms with Crippen LogP contribution in [0.15, 0.2) is 48.5 Å². The first-order valence-electron chi connectivity index (χ1n) is 9.68. The molecule has 2 N–H and O–H groups in total. The Morgan fingerprint density at radius 2 is 1.57 bits per heavy atom. The number of nitrogens with zero attached hydrogens (tertiary/aromatic N) is 1. The summed E-state index contributed by atoms with van der Waals surface area (Å²) in [7, 11) is 0. The minimum Gasteiger partial charge on any atom is -0.493 e. The van der Waals surface area contributed by atoms with Gasteiger partial charge in [-0.05, 0) is 61.4 Å². The first-order valence-corrected chi connectivity index (χ1v) is 10.1. The second-order valence-corrected chi connectivity index (χ2v) is 7.95. The van der Waals surface area contributed by atoms with E-state index in [1.165, 1.54) is 24.3 Å². The smallest absolute Gasteiger partial charge is 0.260 e. The zero-order chi connectivity index (χ0) is 21.6. The molecule has 2 aromatic carbocycles. The minimum absolute atomic E-state index is 0.129. The van der Waals surface area contributed by atoms with Crippen LogP contribution < -0.4 is 15.2 Å². The Labute approximate surface area is 179 Å². The maximum Gasteiger partial charge on any atom is 0.260 e. The van der Waals surface area contributed by atoms with Crippen LogP contribution in [0.2, 0.25) is 5.02 Å². The van der Waals surface area contributed by atoms with Gasteiger partial charge in [-0.25, -0.2) is 4.39 Å². The Morgan fingerprint density at radius 3 is 2.17 bits per heavy atom. The number of amides is 2. The number of likely N-dealkylation sites (tertiary alicyclic amines) is 1. The van der Waals surface area contributed by atoms with Gasteiger partial charge in [0.1, 0.15) is 17.3 Å². The zero-order valence-electron chi connectivity index (χ0n) is 16.5. The van der Waals surface area contributed by atoms with Gasteiger partial charge in [0.2, 0.25) is 5.91 Å². The number of ether oxygens (including phenoxy) is 2. The van der Waals surface area contributed by atoms with Crippen LogP contribution in [0.25, 0.3) is 0 Å². The summed E-state index contributed by atoms with van der Waals surface area (Å²) in [5.41, 5.74) is 5.04. The molecule has 1 aliphatic rings. The molecule has 8 heteroatoms. The van der Waals surface area contributed by atoms with Gasteiger partial charge in [0.05, 0.1) is 6.61 Å². The summed E-state index contributed by atoms with van der Waals surface area (Å²) >= 11 is 5.89. The van der Waals surface area contributed by atoms with Crippen LogP contribution in [-0.2, 0) is 9.59 Å². The van der Waals surface area contributed by atoms with Crippen molar-refractivity contribution in [3.8, 4) is 11.5 Å². The van der Waals surface area contributed by atoms with Crippen LogP contribution in [0.1, 0.15) is 19.3 Å². The van der Waals surface area contributed by atoms with E-state index in [-0.39, 0.29) is 24.8 Å². The highest BCUT2D eigenvalue weighted by Gasteiger charge is 2.38. The minimum atomic E-state index is -0.430. The number of nitrogens with two attached hydrogens (primary N) is 1. The van der Waals surface area contributed by atoms with E-state index in [4.69, 9.17) is 26.8 Å². The summed E-state index contributed by atoms with van der Waals surface area (Å²) in [5, 5.41) is 0.615. The molecule has 0 bridgehead atoms. The van der Waals surface area contributed by atoms with Crippen molar-refractivity contribution in [2.24, 2.45) is 11.1 Å². The van der Waals surface area contributed by atoms with Gasteiger partial charge in [0, 0.05) is 29.9 Å². The van der Waals surface area contributed by atoms with E-state index in [1.807, 2.05) is 0 Å². The standard InChI is InChI=1S/C22H24ClFN2O4/c23-16-1-5-19(6-2-16)30-15-22(13-20(25)27)9-11-26(12-10-22)21(28)14-29-18-7-3-17(24)4-8-18/h1-8H,9-15H2,(H2,25,27). The fourth-order valence-corrected chi connectivity index (χ4v) is 3.63. The van der Waals surface area contributed by atoms with E-state index in [0.29, 0.717) is 49.1 Å². The highest BCUT2D eigenvalue weighted by Crippen LogP contribution is 2.36. The van der Waals surface area contributed by atoms with Crippen molar-refractivity contribution in [2.75, 3.05) is 26.3 Å². The number of piperidine rings is 1. The summed E-state index contributed by atoms with van der Waals surface area (Å²) in [6.07, 6.45) is 1.37. The third-order valence-corrected chi connectivity index (χ3v) is 5.51. The first kappa shape index (κ1) is 21.9. The molecule has 0 aliphatic carbocycles. The lowest BCUT2D eigenvalue weighted by Crippen LogP contribution is -2.48. The lowest BCUT2D eigenvalue weighted by molar-refractivity contribution is -0.136. The quantitative estimate of drug-likeness (QED) is 0.690. The summed E-state index contributed by atoms with van der Waals surface area (Å²) < 4.78 is 24.3. The van der Waals surface area contributed by atoms with E-state index in [0.717, 1.165) is 0 Å². The van der Waals surface area contributed by atoms with Gasteiger partial charge in [0.25, 0.3) is 5.91 Å². The maximum absolute atomic E-state index is 12.9. The molecule has 1 heterocycles. The summed E-state index contributed by atoms with van der Waals surface area (Å²) in [4.78, 5) is 25.8. The summed E-state index contributed by atoms with van der Waals surface area (Å²) in [5.74, 6) is 0.173. The molecule has 160 valence electrons. The molecular formula is C22H24ClFN2O4. The SMILES string of the molecule is NC(=O)CC1(COc2ccc(Cl)cc2)CCN(C(=O)COc2ccc(F)cc2)CC1. The van der Waals surface area contributed by atoms with Crippen molar-refractivity contribution in [3.63, 3.8) is 0 Å². The Kier molecular flexibility index (Phi) is 7.15. The van der Waals surface area contributed by atoms with Gasteiger partial charge in [-0.1, -0.05) is 11.6 Å². The van der Waals surface area contributed by atoms with Gasteiger partial charge in [-0.3, -0.25) is 9.59 Å². The number of hydrogen-bond acceptors (Lipinski definition) is 4. The number of carbonyl (C=O) groups excluding carboxylic acids is 2. The lowest BCUT2D eigenvalue weighted by atomic mass is 9.76. The molecule has 0 radical (unpaired) electrons. The molecule has 2 aromatic rings. The first-order chi connectivity index (χ1) is 14.3. The van der Waals surface area contributed by atoms with Crippen molar-refractivity contribution in [1.82, 2.24) is 4.90 Å². The predicted molar refractivity (Wildman–Crippen MR) is 111 cm³/mol. The summed E-state index contributed by atoms with van der Waals surface area (Å²) in [6.45, 7) is 1.15. The second-order valence-electron chi connectivity index (χ2n) is 7.51. The Balaban J connectivity index is 1.54. The average molecular weight is 435 g/mol. The number of rotatable bonds is 8. The highest BCUT2D eigenvalue weighted by molar-refractivity contribution is 6.30. The normalized spacial score (nSPS) is 15.5. The largest absolute Gasteiger partial charge is 0.493 e.